The molecule has 4 heteroatoms. The monoisotopic (exact) mass is 259 g/mol. The Bertz CT molecular complexity index is 311. The Morgan fingerprint density at radius 3 is 2.81 bits per heavy atom. The van der Waals surface area contributed by atoms with Crippen molar-refractivity contribution in [2.45, 2.75) is 32.7 Å². The highest BCUT2D eigenvalue weighted by atomic mass is 35.5. The molecule has 0 fully saturated rings. The Labute approximate surface area is 106 Å². The molecule has 90 valence electrons. The van der Waals surface area contributed by atoms with Gasteiger partial charge in [-0.2, -0.15) is 0 Å². The van der Waals surface area contributed by atoms with Gasteiger partial charge in [-0.05, 0) is 23.8 Å². The van der Waals surface area contributed by atoms with E-state index < -0.39 is 0 Å². The van der Waals surface area contributed by atoms with Crippen molar-refractivity contribution in [1.82, 2.24) is 5.32 Å². The van der Waals surface area contributed by atoms with Gasteiger partial charge in [0, 0.05) is 17.2 Å². The molecule has 0 aliphatic rings. The van der Waals surface area contributed by atoms with Crippen LogP contribution in [0.25, 0.3) is 0 Å². The number of amides is 1. The van der Waals surface area contributed by atoms with E-state index in [9.17, 15) is 4.79 Å². The van der Waals surface area contributed by atoms with Crippen molar-refractivity contribution in [3.63, 3.8) is 0 Å². The molecule has 0 spiro atoms. The maximum atomic E-state index is 11.6. The van der Waals surface area contributed by atoms with E-state index in [0.29, 0.717) is 18.2 Å². The van der Waals surface area contributed by atoms with E-state index in [0.717, 1.165) is 6.42 Å². The van der Waals surface area contributed by atoms with Gasteiger partial charge in [0.15, 0.2) is 0 Å². The highest BCUT2D eigenvalue weighted by molar-refractivity contribution is 7.10. The van der Waals surface area contributed by atoms with Gasteiger partial charge in [0.25, 0.3) is 0 Å². The molecule has 2 nitrogen and oxygen atoms in total. The molecular formula is C12H18ClNOS. The van der Waals surface area contributed by atoms with Gasteiger partial charge in [0.2, 0.25) is 5.91 Å². The Hall–Kier alpha value is -0.540. The van der Waals surface area contributed by atoms with Crippen LogP contribution in [0, 0.1) is 5.92 Å². The number of rotatable bonds is 6. The molecule has 1 N–H and O–H groups in total. The van der Waals surface area contributed by atoms with Crippen molar-refractivity contribution in [3.8, 4) is 0 Å². The summed E-state index contributed by atoms with van der Waals surface area (Å²) in [5, 5.41) is 5.10. The molecule has 1 rings (SSSR count). The fraction of sp³-hybridized carbons (Fsp3) is 0.583. The summed E-state index contributed by atoms with van der Waals surface area (Å²) in [5.74, 6) is 1.03. The van der Waals surface area contributed by atoms with Crippen LogP contribution in [-0.2, 0) is 4.79 Å². The first-order valence-corrected chi connectivity index (χ1v) is 6.95. The molecule has 0 bridgehead atoms. The van der Waals surface area contributed by atoms with Crippen LogP contribution in [0.1, 0.15) is 37.6 Å². The van der Waals surface area contributed by atoms with Crippen LogP contribution in [0.2, 0.25) is 0 Å². The number of halogens is 1. The van der Waals surface area contributed by atoms with E-state index in [4.69, 9.17) is 11.6 Å². The Morgan fingerprint density at radius 2 is 2.31 bits per heavy atom. The van der Waals surface area contributed by atoms with E-state index in [1.54, 1.807) is 11.3 Å². The minimum absolute atomic E-state index is 0.0905. The molecule has 1 aromatic rings. The number of hydrogen-bond donors (Lipinski definition) is 1. The summed E-state index contributed by atoms with van der Waals surface area (Å²) < 4.78 is 0. The lowest BCUT2D eigenvalue weighted by molar-refractivity contribution is -0.122. The first-order valence-electron chi connectivity index (χ1n) is 5.54. The van der Waals surface area contributed by atoms with Crippen molar-refractivity contribution in [2.75, 3.05) is 5.88 Å². The van der Waals surface area contributed by atoms with E-state index in [-0.39, 0.29) is 11.9 Å². The van der Waals surface area contributed by atoms with E-state index >= 15 is 0 Å². The number of nitrogens with one attached hydrogen (secondary N) is 1. The number of alkyl halides is 1. The van der Waals surface area contributed by atoms with Crippen molar-refractivity contribution in [3.05, 3.63) is 22.4 Å². The average Bonchev–Trinajstić information content (AvgIpc) is 2.75. The molecule has 1 amide bonds. The van der Waals surface area contributed by atoms with Crippen LogP contribution in [0.4, 0.5) is 0 Å². The summed E-state index contributed by atoms with van der Waals surface area (Å²) in [4.78, 5) is 12.9. The zero-order valence-corrected chi connectivity index (χ0v) is 11.3. The Balaban J connectivity index is 2.56. The quantitative estimate of drug-likeness (QED) is 0.778. The summed E-state index contributed by atoms with van der Waals surface area (Å²) in [6.45, 7) is 4.23. The maximum Gasteiger partial charge on any atom is 0.220 e. The number of carbonyl (C=O) groups excluding carboxylic acids is 1. The van der Waals surface area contributed by atoms with Gasteiger partial charge in [-0.1, -0.05) is 19.9 Å². The van der Waals surface area contributed by atoms with Crippen molar-refractivity contribution < 1.29 is 4.79 Å². The van der Waals surface area contributed by atoms with Gasteiger partial charge in [-0.3, -0.25) is 4.79 Å². The normalized spacial score (nSPS) is 12.8. The van der Waals surface area contributed by atoms with Gasteiger partial charge in [0.05, 0.1) is 6.04 Å². The van der Waals surface area contributed by atoms with Crippen LogP contribution >= 0.6 is 22.9 Å². The van der Waals surface area contributed by atoms with Crippen molar-refractivity contribution in [1.29, 1.82) is 0 Å². The van der Waals surface area contributed by atoms with Crippen LogP contribution in [-0.4, -0.2) is 11.8 Å². The molecule has 0 aliphatic carbocycles. The molecule has 16 heavy (non-hydrogen) atoms. The second-order valence-corrected chi connectivity index (χ2v) is 5.45. The predicted octanol–water partition coefficient (Wildman–Crippen LogP) is 3.58. The molecule has 0 saturated carbocycles. The van der Waals surface area contributed by atoms with E-state index in [1.165, 1.54) is 4.88 Å². The highest BCUT2D eigenvalue weighted by Gasteiger charge is 2.18. The van der Waals surface area contributed by atoms with Crippen LogP contribution in [0.3, 0.4) is 0 Å². The maximum absolute atomic E-state index is 11.6. The molecule has 0 radical (unpaired) electrons. The van der Waals surface area contributed by atoms with Crippen LogP contribution < -0.4 is 5.32 Å². The smallest absolute Gasteiger partial charge is 0.220 e. The molecule has 1 aromatic heterocycles. The lowest BCUT2D eigenvalue weighted by atomic mass is 10.0. The van der Waals surface area contributed by atoms with Crippen LogP contribution in [0.15, 0.2) is 17.5 Å². The SMILES string of the molecule is CC(C)C(NC(=O)CCCCl)c1cccs1. The summed E-state index contributed by atoms with van der Waals surface area (Å²) in [5.41, 5.74) is 0. The third-order valence-corrected chi connectivity index (χ3v) is 3.59. The Morgan fingerprint density at radius 1 is 1.56 bits per heavy atom. The summed E-state index contributed by atoms with van der Waals surface area (Å²) in [6.07, 6.45) is 1.25. The second-order valence-electron chi connectivity index (χ2n) is 4.10. The summed E-state index contributed by atoms with van der Waals surface area (Å²) >= 11 is 7.25. The summed E-state index contributed by atoms with van der Waals surface area (Å²) in [6, 6.07) is 4.21. The molecule has 1 atom stereocenters. The van der Waals surface area contributed by atoms with Gasteiger partial charge >= 0.3 is 0 Å². The summed E-state index contributed by atoms with van der Waals surface area (Å²) in [7, 11) is 0. The highest BCUT2D eigenvalue weighted by Crippen LogP contribution is 2.25. The molecular weight excluding hydrogens is 242 g/mol. The van der Waals surface area contributed by atoms with Gasteiger partial charge in [-0.15, -0.1) is 22.9 Å². The zero-order chi connectivity index (χ0) is 12.0. The molecule has 1 heterocycles. The van der Waals surface area contributed by atoms with Crippen molar-refractivity contribution >= 4 is 28.8 Å². The minimum atomic E-state index is 0.0905. The van der Waals surface area contributed by atoms with Gasteiger partial charge < -0.3 is 5.32 Å². The van der Waals surface area contributed by atoms with Crippen molar-refractivity contribution in [2.24, 2.45) is 5.92 Å². The lowest BCUT2D eigenvalue weighted by Gasteiger charge is -2.21. The van der Waals surface area contributed by atoms with Crippen LogP contribution in [0.5, 0.6) is 0 Å². The third kappa shape index (κ3) is 4.14. The topological polar surface area (TPSA) is 29.1 Å². The predicted molar refractivity (Wildman–Crippen MR) is 70.0 cm³/mol. The molecule has 0 saturated heterocycles. The average molecular weight is 260 g/mol. The number of hydrogen-bond acceptors (Lipinski definition) is 2. The Kier molecular flexibility index (Phi) is 5.85. The van der Waals surface area contributed by atoms with E-state index in [1.807, 2.05) is 11.4 Å². The fourth-order valence-electron chi connectivity index (χ4n) is 1.51. The largest absolute Gasteiger partial charge is 0.348 e. The van der Waals surface area contributed by atoms with Gasteiger partial charge in [-0.25, -0.2) is 0 Å². The van der Waals surface area contributed by atoms with E-state index in [2.05, 4.69) is 25.2 Å². The second kappa shape index (κ2) is 6.92. The lowest BCUT2D eigenvalue weighted by Crippen LogP contribution is -2.31. The first kappa shape index (κ1) is 13.5. The molecule has 0 aliphatic heterocycles. The first-order chi connectivity index (χ1) is 7.65. The zero-order valence-electron chi connectivity index (χ0n) is 9.70. The number of carbonyl (C=O) groups is 1. The minimum Gasteiger partial charge on any atom is -0.348 e. The molecule has 1 unspecified atom stereocenters. The third-order valence-electron chi connectivity index (χ3n) is 2.37. The number of thiophene rings is 1. The molecule has 0 aromatic carbocycles. The fourth-order valence-corrected chi connectivity index (χ4v) is 2.59. The van der Waals surface area contributed by atoms with Gasteiger partial charge in [0.1, 0.15) is 0 Å². The standard InChI is InChI=1S/C12H18ClNOS/c1-9(2)12(10-5-4-8-16-10)14-11(15)6-3-7-13/h4-5,8-9,12H,3,6-7H2,1-2H3,(H,14,15).